The van der Waals surface area contributed by atoms with Gasteiger partial charge in [0.2, 0.25) is 0 Å². The third kappa shape index (κ3) is 3.68. The molecule has 124 valence electrons. The zero-order chi connectivity index (χ0) is 17.9. The van der Waals surface area contributed by atoms with Crippen molar-refractivity contribution in [1.29, 1.82) is 0 Å². The third-order valence-electron chi connectivity index (χ3n) is 4.00. The molecule has 0 unspecified atom stereocenters. The van der Waals surface area contributed by atoms with Gasteiger partial charge in [0.05, 0.1) is 11.1 Å². The van der Waals surface area contributed by atoms with E-state index in [1.807, 2.05) is 26.0 Å². The third-order valence-corrected chi connectivity index (χ3v) is 4.00. The van der Waals surface area contributed by atoms with Crippen molar-refractivity contribution < 1.29 is 23.9 Å². The van der Waals surface area contributed by atoms with Crippen molar-refractivity contribution in [3.63, 3.8) is 0 Å². The van der Waals surface area contributed by atoms with Crippen LogP contribution in [0.2, 0.25) is 0 Å². The summed E-state index contributed by atoms with van der Waals surface area (Å²) in [6.45, 7) is 7.18. The highest BCUT2D eigenvalue weighted by atomic mass is 16.8. The molecular formula is C19H18O5. The lowest BCUT2D eigenvalue weighted by molar-refractivity contribution is 0.0337. The van der Waals surface area contributed by atoms with Gasteiger partial charge in [-0.25, -0.2) is 14.4 Å². The summed E-state index contributed by atoms with van der Waals surface area (Å²) < 4.78 is 9.23. The minimum Gasteiger partial charge on any atom is -0.356 e. The Hall–Kier alpha value is -2.95. The van der Waals surface area contributed by atoms with E-state index in [4.69, 9.17) is 0 Å². The predicted octanol–water partition coefficient (Wildman–Crippen LogP) is 4.05. The second-order valence-electron chi connectivity index (χ2n) is 5.52. The zero-order valence-corrected chi connectivity index (χ0v) is 14.0. The maximum absolute atomic E-state index is 12.0. The molecule has 0 aliphatic heterocycles. The van der Waals surface area contributed by atoms with Crippen LogP contribution >= 0.6 is 0 Å². The van der Waals surface area contributed by atoms with E-state index in [2.05, 4.69) is 9.47 Å². The van der Waals surface area contributed by atoms with Crippen LogP contribution in [0.5, 0.6) is 0 Å². The maximum Gasteiger partial charge on any atom is 0.524 e. The summed E-state index contributed by atoms with van der Waals surface area (Å²) in [5.41, 5.74) is 3.71. The van der Waals surface area contributed by atoms with E-state index in [0.29, 0.717) is 11.1 Å². The molecule has 0 saturated heterocycles. The number of carbonyl (C=O) groups excluding carboxylic acids is 3. The number of aryl methyl sites for hydroxylation is 2. The molecule has 0 radical (unpaired) electrons. The maximum atomic E-state index is 12.0. The number of hydrogen-bond donors (Lipinski definition) is 0. The second kappa shape index (κ2) is 7.08. The summed E-state index contributed by atoms with van der Waals surface area (Å²) in [5.74, 6) is -1.70. The smallest absolute Gasteiger partial charge is 0.356 e. The van der Waals surface area contributed by atoms with E-state index in [9.17, 15) is 14.4 Å². The highest BCUT2D eigenvalue weighted by Gasteiger charge is 2.21. The normalized spacial score (nSPS) is 10.2. The Balaban J connectivity index is 2.08. The molecule has 5 heteroatoms. The molecule has 2 aromatic rings. The van der Waals surface area contributed by atoms with E-state index in [1.165, 1.54) is 0 Å². The van der Waals surface area contributed by atoms with Crippen LogP contribution in [0.4, 0.5) is 4.79 Å². The van der Waals surface area contributed by atoms with Crippen LogP contribution in [0.15, 0.2) is 36.4 Å². The first-order chi connectivity index (χ1) is 11.3. The summed E-state index contributed by atoms with van der Waals surface area (Å²) in [6, 6.07) is 10.1. The van der Waals surface area contributed by atoms with Crippen molar-refractivity contribution in [2.75, 3.05) is 0 Å². The van der Waals surface area contributed by atoms with Crippen molar-refractivity contribution in [2.24, 2.45) is 0 Å². The Morgan fingerprint density at radius 3 is 1.42 bits per heavy atom. The quantitative estimate of drug-likeness (QED) is 0.615. The summed E-state index contributed by atoms with van der Waals surface area (Å²) in [7, 11) is 0. The van der Waals surface area contributed by atoms with Gasteiger partial charge >= 0.3 is 18.1 Å². The monoisotopic (exact) mass is 326 g/mol. The van der Waals surface area contributed by atoms with E-state index >= 15 is 0 Å². The lowest BCUT2D eigenvalue weighted by Gasteiger charge is -2.09. The Morgan fingerprint density at radius 2 is 1.04 bits per heavy atom. The molecule has 0 N–H and O–H groups in total. The van der Waals surface area contributed by atoms with Crippen LogP contribution in [-0.4, -0.2) is 18.1 Å². The van der Waals surface area contributed by atoms with Crippen molar-refractivity contribution in [3.8, 4) is 0 Å². The molecule has 5 nitrogen and oxygen atoms in total. The zero-order valence-electron chi connectivity index (χ0n) is 14.0. The molecule has 0 aromatic heterocycles. The summed E-state index contributed by atoms with van der Waals surface area (Å²) in [5, 5.41) is 0. The second-order valence-corrected chi connectivity index (χ2v) is 5.52. The molecule has 0 aliphatic carbocycles. The minimum atomic E-state index is -1.34. The van der Waals surface area contributed by atoms with Gasteiger partial charge in [0.25, 0.3) is 0 Å². The topological polar surface area (TPSA) is 69.7 Å². The molecule has 0 heterocycles. The number of carbonyl (C=O) groups is 3. The van der Waals surface area contributed by atoms with Crippen molar-refractivity contribution in [2.45, 2.75) is 27.7 Å². The van der Waals surface area contributed by atoms with Crippen LogP contribution < -0.4 is 0 Å². The summed E-state index contributed by atoms with van der Waals surface area (Å²) >= 11 is 0. The molecule has 0 spiro atoms. The number of benzene rings is 2. The van der Waals surface area contributed by atoms with Gasteiger partial charge in [0.15, 0.2) is 0 Å². The summed E-state index contributed by atoms with van der Waals surface area (Å²) in [6.07, 6.45) is -1.34. The van der Waals surface area contributed by atoms with E-state index in [1.54, 1.807) is 38.1 Å². The SMILES string of the molecule is Cc1cccc(C(=O)OC(=O)OC(=O)c2cccc(C)c2C)c1C. The van der Waals surface area contributed by atoms with Gasteiger partial charge in [0.1, 0.15) is 0 Å². The van der Waals surface area contributed by atoms with Gasteiger partial charge in [-0.3, -0.25) is 0 Å². The van der Waals surface area contributed by atoms with E-state index in [0.717, 1.165) is 11.1 Å². The minimum absolute atomic E-state index is 0.256. The van der Waals surface area contributed by atoms with Crippen LogP contribution in [0.25, 0.3) is 0 Å². The molecule has 2 aromatic carbocycles. The van der Waals surface area contributed by atoms with Gasteiger partial charge in [0, 0.05) is 0 Å². The number of hydrogen-bond acceptors (Lipinski definition) is 5. The Kier molecular flexibility index (Phi) is 5.14. The van der Waals surface area contributed by atoms with Gasteiger partial charge < -0.3 is 9.47 Å². The molecule has 0 amide bonds. The van der Waals surface area contributed by atoms with E-state index in [-0.39, 0.29) is 11.1 Å². The molecule has 0 fully saturated rings. The average molecular weight is 326 g/mol. The number of rotatable bonds is 2. The van der Waals surface area contributed by atoms with Crippen molar-refractivity contribution in [1.82, 2.24) is 0 Å². The van der Waals surface area contributed by atoms with Gasteiger partial charge in [-0.2, -0.15) is 0 Å². The molecular weight excluding hydrogens is 308 g/mol. The fraction of sp³-hybridized carbons (Fsp3) is 0.211. The molecule has 0 bridgehead atoms. The highest BCUT2D eigenvalue weighted by molar-refractivity contribution is 6.01. The lowest BCUT2D eigenvalue weighted by atomic mass is 10.0. The van der Waals surface area contributed by atoms with Crippen LogP contribution in [0, 0.1) is 27.7 Å². The standard InChI is InChI=1S/C19H18O5/c1-11-7-5-9-15(13(11)3)17(20)23-19(22)24-18(21)16-10-6-8-12(2)14(16)4/h5-10H,1-4H3. The first-order valence-electron chi connectivity index (χ1n) is 7.42. The van der Waals surface area contributed by atoms with Gasteiger partial charge in [-0.1, -0.05) is 24.3 Å². The fourth-order valence-corrected chi connectivity index (χ4v) is 2.23. The van der Waals surface area contributed by atoms with Crippen LogP contribution in [0.1, 0.15) is 43.0 Å². The van der Waals surface area contributed by atoms with Crippen LogP contribution in [0.3, 0.4) is 0 Å². The Morgan fingerprint density at radius 1 is 0.667 bits per heavy atom. The number of esters is 2. The van der Waals surface area contributed by atoms with Gasteiger partial charge in [-0.05, 0) is 62.1 Å². The first kappa shape index (κ1) is 17.4. The fourth-order valence-electron chi connectivity index (χ4n) is 2.23. The summed E-state index contributed by atoms with van der Waals surface area (Å²) in [4.78, 5) is 35.8. The number of ether oxygens (including phenoxy) is 2. The largest absolute Gasteiger partial charge is 0.524 e. The van der Waals surface area contributed by atoms with Crippen molar-refractivity contribution >= 4 is 18.1 Å². The average Bonchev–Trinajstić information content (AvgIpc) is 2.52. The molecule has 24 heavy (non-hydrogen) atoms. The predicted molar refractivity (Wildman–Crippen MR) is 88.1 cm³/mol. The van der Waals surface area contributed by atoms with Crippen molar-refractivity contribution in [3.05, 3.63) is 69.8 Å². The Bertz CT molecular complexity index is 753. The van der Waals surface area contributed by atoms with E-state index < -0.39 is 18.1 Å². The van der Waals surface area contributed by atoms with Crippen LogP contribution in [-0.2, 0) is 9.47 Å². The molecule has 0 atom stereocenters. The Labute approximate surface area is 140 Å². The lowest BCUT2D eigenvalue weighted by Crippen LogP contribution is -2.19. The highest BCUT2D eigenvalue weighted by Crippen LogP contribution is 2.16. The first-order valence-corrected chi connectivity index (χ1v) is 7.42. The molecule has 0 aliphatic rings. The molecule has 0 saturated carbocycles. The molecule has 2 rings (SSSR count). The van der Waals surface area contributed by atoms with Gasteiger partial charge in [-0.15, -0.1) is 0 Å².